The Morgan fingerprint density at radius 3 is 2.67 bits per heavy atom. The zero-order valence-corrected chi connectivity index (χ0v) is 19.3. The molecule has 3 rings (SSSR count). The summed E-state index contributed by atoms with van der Waals surface area (Å²) in [4.78, 5) is 9.46. The number of piperazine rings is 1. The van der Waals surface area contributed by atoms with E-state index in [9.17, 15) is 0 Å². The second kappa shape index (κ2) is 10.9. The Hall–Kier alpha value is -1.99. The van der Waals surface area contributed by atoms with Crippen LogP contribution in [0.4, 0.5) is 0 Å². The maximum absolute atomic E-state index is 5.94. The predicted octanol–water partition coefficient (Wildman–Crippen LogP) is 2.10. The number of hydrogen-bond acceptors (Lipinski definition) is 5. The van der Waals surface area contributed by atoms with E-state index in [4.69, 9.17) is 9.47 Å². The summed E-state index contributed by atoms with van der Waals surface area (Å²) in [5.74, 6) is 2.72. The maximum atomic E-state index is 5.94. The number of benzene rings is 1. The van der Waals surface area contributed by atoms with E-state index in [0.29, 0.717) is 19.2 Å². The van der Waals surface area contributed by atoms with Crippen LogP contribution >= 0.6 is 0 Å². The fourth-order valence-electron chi connectivity index (χ4n) is 4.20. The lowest BCUT2D eigenvalue weighted by molar-refractivity contribution is 0.107. The molecule has 2 heterocycles. The van der Waals surface area contributed by atoms with Crippen LogP contribution in [0.3, 0.4) is 0 Å². The zero-order valence-electron chi connectivity index (χ0n) is 19.3. The molecule has 7 heteroatoms. The van der Waals surface area contributed by atoms with Crippen molar-refractivity contribution in [3.63, 3.8) is 0 Å². The molecule has 0 bridgehead atoms. The molecule has 30 heavy (non-hydrogen) atoms. The molecule has 2 atom stereocenters. The Morgan fingerprint density at radius 1 is 1.23 bits per heavy atom. The van der Waals surface area contributed by atoms with Crippen LogP contribution < -0.4 is 20.1 Å². The van der Waals surface area contributed by atoms with Gasteiger partial charge in [-0.15, -0.1) is 0 Å². The summed E-state index contributed by atoms with van der Waals surface area (Å²) in [5.41, 5.74) is 2.32. The van der Waals surface area contributed by atoms with Crippen molar-refractivity contribution in [3.05, 3.63) is 23.3 Å². The quantitative estimate of drug-likeness (QED) is 0.499. The SMILES string of the molecule is CCOc1cc2c(cc1CNC(=NC)NCC(C)N1CCN(CC)CC1)OC(C)C2. The predicted molar refractivity (Wildman–Crippen MR) is 123 cm³/mol. The van der Waals surface area contributed by atoms with Crippen molar-refractivity contribution in [1.82, 2.24) is 20.4 Å². The van der Waals surface area contributed by atoms with Crippen LogP contribution in [0.25, 0.3) is 0 Å². The Balaban J connectivity index is 1.52. The van der Waals surface area contributed by atoms with Gasteiger partial charge in [-0.2, -0.15) is 0 Å². The van der Waals surface area contributed by atoms with Crippen LogP contribution in [0.15, 0.2) is 17.1 Å². The molecular weight excluding hydrogens is 378 g/mol. The molecule has 1 aromatic carbocycles. The first kappa shape index (κ1) is 22.7. The molecule has 7 nitrogen and oxygen atoms in total. The van der Waals surface area contributed by atoms with Gasteiger partial charge in [0.15, 0.2) is 5.96 Å². The van der Waals surface area contributed by atoms with Gasteiger partial charge in [0.1, 0.15) is 17.6 Å². The first-order chi connectivity index (χ1) is 14.5. The highest BCUT2D eigenvalue weighted by atomic mass is 16.5. The van der Waals surface area contributed by atoms with E-state index in [1.807, 2.05) is 14.0 Å². The van der Waals surface area contributed by atoms with Crippen molar-refractivity contribution in [3.8, 4) is 11.5 Å². The van der Waals surface area contributed by atoms with Gasteiger partial charge in [0.25, 0.3) is 0 Å². The van der Waals surface area contributed by atoms with Crippen molar-refractivity contribution in [2.45, 2.75) is 52.8 Å². The van der Waals surface area contributed by atoms with Crippen LogP contribution in [0.1, 0.15) is 38.8 Å². The van der Waals surface area contributed by atoms with Crippen molar-refractivity contribution < 1.29 is 9.47 Å². The van der Waals surface area contributed by atoms with Crippen LogP contribution in [-0.2, 0) is 13.0 Å². The first-order valence-corrected chi connectivity index (χ1v) is 11.4. The number of ether oxygens (including phenoxy) is 2. The molecule has 0 aliphatic carbocycles. The lowest BCUT2D eigenvalue weighted by atomic mass is 10.1. The third-order valence-electron chi connectivity index (χ3n) is 6.09. The van der Waals surface area contributed by atoms with Gasteiger partial charge < -0.3 is 25.0 Å². The van der Waals surface area contributed by atoms with Gasteiger partial charge >= 0.3 is 0 Å². The molecule has 2 aliphatic heterocycles. The highest BCUT2D eigenvalue weighted by Crippen LogP contribution is 2.35. The minimum Gasteiger partial charge on any atom is -0.494 e. The summed E-state index contributed by atoms with van der Waals surface area (Å²) in [7, 11) is 1.82. The second-order valence-corrected chi connectivity index (χ2v) is 8.26. The summed E-state index contributed by atoms with van der Waals surface area (Å²) >= 11 is 0. The van der Waals surface area contributed by atoms with Gasteiger partial charge in [-0.25, -0.2) is 0 Å². The van der Waals surface area contributed by atoms with Crippen molar-refractivity contribution in [2.75, 3.05) is 52.9 Å². The molecule has 1 saturated heterocycles. The molecule has 0 aromatic heterocycles. The van der Waals surface area contributed by atoms with Crippen LogP contribution in [-0.4, -0.2) is 80.8 Å². The number of nitrogens with zero attached hydrogens (tertiary/aromatic N) is 3. The fourth-order valence-corrected chi connectivity index (χ4v) is 4.20. The molecule has 2 aliphatic rings. The smallest absolute Gasteiger partial charge is 0.191 e. The van der Waals surface area contributed by atoms with Crippen molar-refractivity contribution in [1.29, 1.82) is 0 Å². The molecule has 1 fully saturated rings. The average molecular weight is 418 g/mol. The van der Waals surface area contributed by atoms with Gasteiger partial charge in [0, 0.05) is 69.9 Å². The number of likely N-dealkylation sites (N-methyl/N-ethyl adjacent to an activating group) is 1. The zero-order chi connectivity index (χ0) is 21.5. The summed E-state index contributed by atoms with van der Waals surface area (Å²) in [6.45, 7) is 16.5. The third kappa shape index (κ3) is 5.79. The second-order valence-electron chi connectivity index (χ2n) is 8.26. The molecule has 2 unspecified atom stereocenters. The number of fused-ring (bicyclic) bond motifs is 1. The van der Waals surface area contributed by atoms with Crippen molar-refractivity contribution in [2.24, 2.45) is 4.99 Å². The van der Waals surface area contributed by atoms with Crippen LogP contribution in [0.5, 0.6) is 11.5 Å². The van der Waals surface area contributed by atoms with Gasteiger partial charge in [-0.3, -0.25) is 9.89 Å². The maximum Gasteiger partial charge on any atom is 0.191 e. The van der Waals surface area contributed by atoms with E-state index in [1.165, 1.54) is 5.56 Å². The van der Waals surface area contributed by atoms with Crippen LogP contribution in [0.2, 0.25) is 0 Å². The third-order valence-corrected chi connectivity index (χ3v) is 6.09. The van der Waals surface area contributed by atoms with Gasteiger partial charge in [-0.1, -0.05) is 6.92 Å². The number of hydrogen-bond donors (Lipinski definition) is 2. The molecule has 0 saturated carbocycles. The minimum atomic E-state index is 0.229. The number of aliphatic imine (C=N–C) groups is 1. The van der Waals surface area contributed by atoms with E-state index >= 15 is 0 Å². The molecule has 2 N–H and O–H groups in total. The van der Waals surface area contributed by atoms with E-state index < -0.39 is 0 Å². The normalized spacial score (nSPS) is 21.1. The summed E-state index contributed by atoms with van der Waals surface area (Å²) < 4.78 is 11.8. The van der Waals surface area contributed by atoms with Gasteiger partial charge in [0.05, 0.1) is 6.61 Å². The molecule has 0 amide bonds. The molecule has 0 spiro atoms. The standard InChI is InChI=1S/C23H39N5O2/c1-6-27-8-10-28(11-9-27)17(3)15-25-23(24-5)26-16-20-14-22-19(12-18(4)30-22)13-21(20)29-7-2/h13-14,17-18H,6-12,15-16H2,1-5H3,(H2,24,25,26). The Labute approximate surface area is 181 Å². The summed E-state index contributed by atoms with van der Waals surface area (Å²) in [5, 5.41) is 6.92. The van der Waals surface area contributed by atoms with E-state index in [2.05, 4.69) is 58.3 Å². The van der Waals surface area contributed by atoms with Crippen LogP contribution in [0, 0.1) is 0 Å². The Kier molecular flexibility index (Phi) is 8.22. The largest absolute Gasteiger partial charge is 0.494 e. The lowest BCUT2D eigenvalue weighted by Crippen LogP contribution is -2.53. The first-order valence-electron chi connectivity index (χ1n) is 11.4. The highest BCUT2D eigenvalue weighted by molar-refractivity contribution is 5.79. The summed E-state index contributed by atoms with van der Waals surface area (Å²) in [6, 6.07) is 4.71. The van der Waals surface area contributed by atoms with Crippen molar-refractivity contribution >= 4 is 5.96 Å². The monoisotopic (exact) mass is 417 g/mol. The molecule has 168 valence electrons. The number of nitrogens with one attached hydrogen (secondary N) is 2. The topological polar surface area (TPSA) is 61.4 Å². The summed E-state index contributed by atoms with van der Waals surface area (Å²) in [6.07, 6.45) is 1.17. The number of guanidine groups is 1. The minimum absolute atomic E-state index is 0.229. The van der Waals surface area contributed by atoms with E-state index in [1.54, 1.807) is 0 Å². The molecule has 1 aromatic rings. The highest BCUT2D eigenvalue weighted by Gasteiger charge is 2.22. The Bertz CT molecular complexity index is 716. The molecular formula is C23H39N5O2. The fraction of sp³-hybridized carbons (Fsp3) is 0.696. The van der Waals surface area contributed by atoms with E-state index in [0.717, 1.165) is 68.7 Å². The lowest BCUT2D eigenvalue weighted by Gasteiger charge is -2.37. The molecule has 0 radical (unpaired) electrons. The Morgan fingerprint density at radius 2 is 2.00 bits per heavy atom. The average Bonchev–Trinajstić information content (AvgIpc) is 3.12. The van der Waals surface area contributed by atoms with E-state index in [-0.39, 0.29) is 6.10 Å². The van der Waals surface area contributed by atoms with Gasteiger partial charge in [-0.05, 0) is 39.4 Å². The number of rotatable bonds is 8. The van der Waals surface area contributed by atoms with Gasteiger partial charge in [0.2, 0.25) is 0 Å².